The van der Waals surface area contributed by atoms with Gasteiger partial charge < -0.3 is 16.0 Å². The Morgan fingerprint density at radius 2 is 1.90 bits per heavy atom. The van der Waals surface area contributed by atoms with Gasteiger partial charge in [-0.2, -0.15) is 0 Å². The third-order valence-corrected chi connectivity index (χ3v) is 3.30. The summed E-state index contributed by atoms with van der Waals surface area (Å²) in [6, 6.07) is 14.2. The molecule has 0 heterocycles. The monoisotopic (exact) mass is 285 g/mol. The van der Waals surface area contributed by atoms with Crippen LogP contribution in [0.15, 0.2) is 42.5 Å². The zero-order valence-electron chi connectivity index (χ0n) is 12.0. The summed E-state index contributed by atoms with van der Waals surface area (Å²) in [5, 5.41) is 3.38. The summed E-state index contributed by atoms with van der Waals surface area (Å²) in [6.45, 7) is 2.03. The van der Waals surface area contributed by atoms with Gasteiger partial charge in [-0.25, -0.2) is 0 Å². The van der Waals surface area contributed by atoms with Gasteiger partial charge in [-0.1, -0.05) is 29.9 Å². The number of benzene rings is 2. The van der Waals surface area contributed by atoms with Gasteiger partial charge in [-0.3, -0.25) is 0 Å². The van der Waals surface area contributed by atoms with Crippen LogP contribution < -0.4 is 16.0 Å². The maximum atomic E-state index is 5.80. The zero-order valence-corrected chi connectivity index (χ0v) is 12.8. The van der Waals surface area contributed by atoms with Gasteiger partial charge in [-0.15, -0.1) is 0 Å². The average molecular weight is 285 g/mol. The number of hydrogen-bond acceptors (Lipinski definition) is 3. The number of hydrogen-bond donors (Lipinski definition) is 2. The highest BCUT2D eigenvalue weighted by Crippen LogP contribution is 2.24. The Kier molecular flexibility index (Phi) is 4.25. The Balaban J connectivity index is 2.35. The Bertz CT molecular complexity index is 635. The molecule has 0 aromatic heterocycles. The summed E-state index contributed by atoms with van der Waals surface area (Å²) in [5.41, 5.74) is 10.9. The second kappa shape index (κ2) is 5.92. The molecule has 0 amide bonds. The van der Waals surface area contributed by atoms with E-state index >= 15 is 0 Å². The zero-order chi connectivity index (χ0) is 14.7. The lowest BCUT2D eigenvalue weighted by atomic mass is 10.1. The molecule has 0 spiro atoms. The molecule has 0 aliphatic heterocycles. The van der Waals surface area contributed by atoms with Gasteiger partial charge in [-0.05, 0) is 37.3 Å². The molecule has 0 saturated carbocycles. The minimum atomic E-state index is 0.403. The van der Waals surface area contributed by atoms with Gasteiger partial charge in [0.2, 0.25) is 0 Å². The summed E-state index contributed by atoms with van der Waals surface area (Å²) in [4.78, 5) is 2.47. The Morgan fingerprint density at radius 3 is 2.55 bits per heavy atom. The van der Waals surface area contributed by atoms with Crippen LogP contribution in [-0.4, -0.2) is 19.1 Å². The fraction of sp³-hybridized carbons (Fsp3) is 0.188. The van der Waals surface area contributed by atoms with Crippen LogP contribution in [0.3, 0.4) is 0 Å². The fourth-order valence-corrected chi connectivity index (χ4v) is 2.16. The number of thiocarbonyl (C=S) groups is 1. The first-order chi connectivity index (χ1) is 9.47. The molecule has 3 nitrogen and oxygen atoms in total. The maximum absolute atomic E-state index is 5.80. The van der Waals surface area contributed by atoms with Crippen LogP contribution in [0, 0.1) is 6.92 Å². The van der Waals surface area contributed by atoms with Crippen molar-refractivity contribution in [1.29, 1.82) is 0 Å². The molecule has 0 bridgehead atoms. The lowest BCUT2D eigenvalue weighted by molar-refractivity contribution is 1.13. The topological polar surface area (TPSA) is 41.3 Å². The normalized spacial score (nSPS) is 10.2. The molecule has 0 atom stereocenters. The van der Waals surface area contributed by atoms with Crippen molar-refractivity contribution in [2.75, 3.05) is 24.3 Å². The quantitative estimate of drug-likeness (QED) is 0.844. The Morgan fingerprint density at radius 1 is 1.15 bits per heavy atom. The smallest absolute Gasteiger partial charge is 0.106 e. The van der Waals surface area contributed by atoms with Gasteiger partial charge in [0.15, 0.2) is 0 Å². The van der Waals surface area contributed by atoms with Crippen molar-refractivity contribution < 1.29 is 0 Å². The number of nitrogens with two attached hydrogens (primary N) is 1. The van der Waals surface area contributed by atoms with Crippen LogP contribution in [0.4, 0.5) is 17.1 Å². The maximum Gasteiger partial charge on any atom is 0.106 e. The van der Waals surface area contributed by atoms with Crippen LogP contribution in [0.1, 0.15) is 11.1 Å². The lowest BCUT2D eigenvalue weighted by Gasteiger charge is -2.16. The minimum Gasteiger partial charge on any atom is -0.389 e. The van der Waals surface area contributed by atoms with Crippen molar-refractivity contribution in [1.82, 2.24) is 0 Å². The van der Waals surface area contributed by atoms with Crippen LogP contribution in [-0.2, 0) is 0 Å². The third kappa shape index (κ3) is 3.27. The largest absolute Gasteiger partial charge is 0.389 e. The van der Waals surface area contributed by atoms with Crippen molar-refractivity contribution >= 4 is 34.3 Å². The summed E-state index contributed by atoms with van der Waals surface area (Å²) in [7, 11) is 4.04. The molecule has 3 N–H and O–H groups in total. The van der Waals surface area contributed by atoms with E-state index in [1.165, 1.54) is 0 Å². The van der Waals surface area contributed by atoms with Crippen LogP contribution in [0.2, 0.25) is 0 Å². The first kappa shape index (κ1) is 14.3. The van der Waals surface area contributed by atoms with E-state index in [2.05, 4.69) is 22.3 Å². The average Bonchev–Trinajstić information content (AvgIpc) is 2.41. The first-order valence-electron chi connectivity index (χ1n) is 6.42. The van der Waals surface area contributed by atoms with E-state index in [0.29, 0.717) is 4.99 Å². The highest BCUT2D eigenvalue weighted by atomic mass is 32.1. The van der Waals surface area contributed by atoms with Gasteiger partial charge in [0.05, 0.1) is 0 Å². The number of nitrogens with one attached hydrogen (secondary N) is 1. The van der Waals surface area contributed by atoms with E-state index in [0.717, 1.165) is 28.2 Å². The number of nitrogens with zero attached hydrogens (tertiary/aromatic N) is 1. The van der Waals surface area contributed by atoms with Gasteiger partial charge in [0, 0.05) is 36.7 Å². The van der Waals surface area contributed by atoms with E-state index < -0.39 is 0 Å². The standard InChI is InChI=1S/C16H19N3S/c1-11-7-8-15(14(9-11)16(17)20)18-12-5-4-6-13(10-12)19(2)3/h4-10,18H,1-3H3,(H2,17,20). The van der Waals surface area contributed by atoms with Crippen molar-refractivity contribution in [3.05, 3.63) is 53.6 Å². The molecule has 2 rings (SSSR count). The highest BCUT2D eigenvalue weighted by Gasteiger charge is 2.06. The summed E-state index contributed by atoms with van der Waals surface area (Å²) >= 11 is 5.12. The number of aryl methyl sites for hydroxylation is 1. The fourth-order valence-electron chi connectivity index (χ4n) is 1.99. The predicted molar refractivity (Wildman–Crippen MR) is 91.1 cm³/mol. The van der Waals surface area contributed by atoms with Crippen molar-refractivity contribution in [2.24, 2.45) is 5.73 Å². The molecular formula is C16H19N3S. The molecule has 0 aliphatic rings. The second-order valence-corrected chi connectivity index (χ2v) is 5.42. The third-order valence-electron chi connectivity index (χ3n) is 3.08. The van der Waals surface area contributed by atoms with Crippen molar-refractivity contribution in [3.8, 4) is 0 Å². The van der Waals surface area contributed by atoms with Gasteiger partial charge in [0.1, 0.15) is 4.99 Å². The minimum absolute atomic E-state index is 0.403. The van der Waals surface area contributed by atoms with Crippen LogP contribution >= 0.6 is 12.2 Å². The second-order valence-electron chi connectivity index (χ2n) is 4.98. The number of rotatable bonds is 4. The van der Waals surface area contributed by atoms with Crippen molar-refractivity contribution in [2.45, 2.75) is 6.92 Å². The van der Waals surface area contributed by atoms with E-state index in [1.807, 2.05) is 51.4 Å². The SMILES string of the molecule is Cc1ccc(Nc2cccc(N(C)C)c2)c(C(N)=S)c1. The Hall–Kier alpha value is -2.07. The van der Waals surface area contributed by atoms with Gasteiger partial charge in [0.25, 0.3) is 0 Å². The number of anilines is 3. The molecule has 20 heavy (non-hydrogen) atoms. The molecule has 0 aliphatic carbocycles. The first-order valence-corrected chi connectivity index (χ1v) is 6.83. The van der Waals surface area contributed by atoms with E-state index in [4.69, 9.17) is 18.0 Å². The predicted octanol–water partition coefficient (Wildman–Crippen LogP) is 3.44. The summed E-state index contributed by atoms with van der Waals surface area (Å²) in [5.74, 6) is 0. The molecule has 0 radical (unpaired) electrons. The molecule has 2 aromatic rings. The van der Waals surface area contributed by atoms with E-state index in [-0.39, 0.29) is 0 Å². The highest BCUT2D eigenvalue weighted by molar-refractivity contribution is 7.80. The molecule has 0 saturated heterocycles. The summed E-state index contributed by atoms with van der Waals surface area (Å²) in [6.07, 6.45) is 0. The van der Waals surface area contributed by atoms with Crippen molar-refractivity contribution in [3.63, 3.8) is 0 Å². The Labute approximate surface area is 125 Å². The van der Waals surface area contributed by atoms with Crippen LogP contribution in [0.5, 0.6) is 0 Å². The lowest BCUT2D eigenvalue weighted by Crippen LogP contribution is -2.12. The molecule has 104 valence electrons. The molecular weight excluding hydrogens is 266 g/mol. The molecule has 4 heteroatoms. The molecule has 0 unspecified atom stereocenters. The molecule has 0 fully saturated rings. The van der Waals surface area contributed by atoms with E-state index in [9.17, 15) is 0 Å². The summed E-state index contributed by atoms with van der Waals surface area (Å²) < 4.78 is 0. The molecule has 2 aromatic carbocycles. The van der Waals surface area contributed by atoms with Gasteiger partial charge >= 0.3 is 0 Å². The van der Waals surface area contributed by atoms with E-state index in [1.54, 1.807) is 0 Å². The van der Waals surface area contributed by atoms with Crippen LogP contribution in [0.25, 0.3) is 0 Å².